The molecule has 0 fully saturated rings. The van der Waals surface area contributed by atoms with Gasteiger partial charge >= 0.3 is 11.9 Å². The fraction of sp³-hybridized carbons (Fsp3) is 0.136. The molecule has 150 valence electrons. The molecule has 0 saturated heterocycles. The lowest BCUT2D eigenvalue weighted by molar-refractivity contribution is -0.138. The van der Waals surface area contributed by atoms with Gasteiger partial charge in [-0.25, -0.2) is 9.59 Å². The predicted molar refractivity (Wildman–Crippen MR) is 104 cm³/mol. The van der Waals surface area contributed by atoms with Crippen LogP contribution in [0, 0.1) is 11.3 Å². The molecular weight excluding hydrogens is 388 g/mol. The number of fused-ring (bicyclic) bond motifs is 1. The van der Waals surface area contributed by atoms with Gasteiger partial charge in [-0.2, -0.15) is 5.26 Å². The maximum Gasteiger partial charge on any atom is 0.348 e. The Morgan fingerprint density at radius 3 is 2.27 bits per heavy atom. The molecule has 0 aromatic heterocycles. The number of carbonyl (C=O) groups is 4. The van der Waals surface area contributed by atoms with E-state index in [-0.39, 0.29) is 22.4 Å². The Bertz CT molecular complexity index is 1090. The maximum absolute atomic E-state index is 12.6. The summed E-state index contributed by atoms with van der Waals surface area (Å²) in [6.07, 6.45) is 1.29. The Kier molecular flexibility index (Phi) is 5.74. The molecule has 1 unspecified atom stereocenters. The molecule has 3 rings (SSSR count). The standard InChI is InChI=1S/C22H16N2O6/c1-13(24-19(25)17-8-3-4-9-18(17)20(24)26)21(27)30-16-7-5-6-14(11-16)10-15(12-23)22(28)29-2/h3-11,13H,1-2H3/b15-10+. The zero-order valence-corrected chi connectivity index (χ0v) is 16.1. The molecular formula is C22H16N2O6. The van der Waals surface area contributed by atoms with Crippen molar-refractivity contribution in [3.8, 4) is 11.8 Å². The van der Waals surface area contributed by atoms with Crippen molar-refractivity contribution in [3.63, 3.8) is 0 Å². The highest BCUT2D eigenvalue weighted by Gasteiger charge is 2.41. The summed E-state index contributed by atoms with van der Waals surface area (Å²) in [5.41, 5.74) is 0.679. The molecule has 0 spiro atoms. The number of rotatable bonds is 5. The molecule has 0 N–H and O–H groups in total. The third-order valence-corrected chi connectivity index (χ3v) is 4.47. The predicted octanol–water partition coefficient (Wildman–Crippen LogP) is 2.36. The molecule has 2 aromatic carbocycles. The largest absolute Gasteiger partial charge is 0.465 e. The third-order valence-electron chi connectivity index (χ3n) is 4.47. The van der Waals surface area contributed by atoms with E-state index in [1.165, 1.54) is 37.3 Å². The van der Waals surface area contributed by atoms with E-state index in [9.17, 15) is 19.2 Å². The average Bonchev–Trinajstić information content (AvgIpc) is 3.01. The van der Waals surface area contributed by atoms with Gasteiger partial charge in [0, 0.05) is 0 Å². The van der Waals surface area contributed by atoms with Crippen LogP contribution in [0.1, 0.15) is 33.2 Å². The second-order valence-corrected chi connectivity index (χ2v) is 6.36. The lowest BCUT2D eigenvalue weighted by Crippen LogP contribution is -2.44. The van der Waals surface area contributed by atoms with Crippen molar-refractivity contribution in [3.05, 3.63) is 70.8 Å². The van der Waals surface area contributed by atoms with Crippen molar-refractivity contribution < 1.29 is 28.7 Å². The van der Waals surface area contributed by atoms with Gasteiger partial charge in [0.1, 0.15) is 23.4 Å². The van der Waals surface area contributed by atoms with Crippen molar-refractivity contribution in [1.29, 1.82) is 5.26 Å². The van der Waals surface area contributed by atoms with Gasteiger partial charge in [-0.15, -0.1) is 0 Å². The quantitative estimate of drug-likeness (QED) is 0.247. The van der Waals surface area contributed by atoms with Gasteiger partial charge in [0.15, 0.2) is 0 Å². The monoisotopic (exact) mass is 404 g/mol. The second-order valence-electron chi connectivity index (χ2n) is 6.36. The first-order chi connectivity index (χ1) is 14.4. The average molecular weight is 404 g/mol. The maximum atomic E-state index is 12.6. The minimum absolute atomic E-state index is 0.124. The number of ether oxygens (including phenoxy) is 2. The van der Waals surface area contributed by atoms with E-state index in [0.717, 1.165) is 12.0 Å². The number of imide groups is 1. The number of hydrogen-bond donors (Lipinski definition) is 0. The Hall–Kier alpha value is -4.25. The number of methoxy groups -OCH3 is 1. The van der Waals surface area contributed by atoms with Crippen LogP contribution in [0.25, 0.3) is 6.08 Å². The number of esters is 2. The van der Waals surface area contributed by atoms with Gasteiger partial charge in [0.2, 0.25) is 0 Å². The van der Waals surface area contributed by atoms with Crippen LogP contribution in [0.4, 0.5) is 0 Å². The van der Waals surface area contributed by atoms with Gasteiger partial charge < -0.3 is 9.47 Å². The molecule has 1 aliphatic rings. The number of carbonyl (C=O) groups excluding carboxylic acids is 4. The van der Waals surface area contributed by atoms with Crippen LogP contribution in [0.15, 0.2) is 54.1 Å². The fourth-order valence-electron chi connectivity index (χ4n) is 2.95. The summed E-state index contributed by atoms with van der Waals surface area (Å²) in [6, 6.07) is 13.0. The molecule has 8 nitrogen and oxygen atoms in total. The Labute approximate surface area is 171 Å². The number of benzene rings is 2. The number of hydrogen-bond acceptors (Lipinski definition) is 7. The van der Waals surface area contributed by atoms with Gasteiger partial charge in [0.05, 0.1) is 18.2 Å². The topological polar surface area (TPSA) is 114 Å². The van der Waals surface area contributed by atoms with Crippen LogP contribution >= 0.6 is 0 Å². The van der Waals surface area contributed by atoms with Gasteiger partial charge in [-0.1, -0.05) is 24.3 Å². The van der Waals surface area contributed by atoms with Crippen molar-refractivity contribution >= 4 is 29.8 Å². The van der Waals surface area contributed by atoms with Crippen LogP contribution in [0.3, 0.4) is 0 Å². The molecule has 0 bridgehead atoms. The molecule has 2 amide bonds. The fourth-order valence-corrected chi connectivity index (χ4v) is 2.95. The van der Waals surface area contributed by atoms with E-state index >= 15 is 0 Å². The van der Waals surface area contributed by atoms with Gasteiger partial charge in [0.25, 0.3) is 11.8 Å². The van der Waals surface area contributed by atoms with Crippen molar-refractivity contribution in [2.75, 3.05) is 7.11 Å². The second kappa shape index (κ2) is 8.41. The SMILES string of the molecule is COC(=O)/C(C#N)=C/c1cccc(OC(=O)C(C)N2C(=O)c3ccccc3C2=O)c1. The van der Waals surface area contributed by atoms with Crippen LogP contribution in [0.2, 0.25) is 0 Å². The molecule has 1 atom stereocenters. The highest BCUT2D eigenvalue weighted by Crippen LogP contribution is 2.25. The Morgan fingerprint density at radius 2 is 1.70 bits per heavy atom. The molecule has 30 heavy (non-hydrogen) atoms. The summed E-state index contributed by atoms with van der Waals surface area (Å²) in [5, 5.41) is 9.05. The van der Waals surface area contributed by atoms with Crippen LogP contribution in [0.5, 0.6) is 5.75 Å². The first-order valence-electron chi connectivity index (χ1n) is 8.86. The first-order valence-corrected chi connectivity index (χ1v) is 8.86. The van der Waals surface area contributed by atoms with E-state index in [0.29, 0.717) is 5.56 Å². The molecule has 0 aliphatic carbocycles. The summed E-state index contributed by atoms with van der Waals surface area (Å²) >= 11 is 0. The molecule has 0 radical (unpaired) electrons. The number of nitrogens with zero attached hydrogens (tertiary/aromatic N) is 2. The van der Waals surface area contributed by atoms with Crippen molar-refractivity contribution in [2.45, 2.75) is 13.0 Å². The lowest BCUT2D eigenvalue weighted by Gasteiger charge is -2.20. The van der Waals surface area contributed by atoms with Crippen LogP contribution in [-0.2, 0) is 14.3 Å². The smallest absolute Gasteiger partial charge is 0.348 e. The summed E-state index contributed by atoms with van der Waals surface area (Å²) in [4.78, 5) is 50.0. The third kappa shape index (κ3) is 3.82. The summed E-state index contributed by atoms with van der Waals surface area (Å²) in [6.45, 7) is 1.40. The van der Waals surface area contributed by atoms with E-state index in [1.54, 1.807) is 30.3 Å². The molecule has 0 saturated carbocycles. The number of amides is 2. The van der Waals surface area contributed by atoms with E-state index in [1.807, 2.05) is 0 Å². The first kappa shape index (κ1) is 20.5. The van der Waals surface area contributed by atoms with Crippen molar-refractivity contribution in [1.82, 2.24) is 4.90 Å². The lowest BCUT2D eigenvalue weighted by atomic mass is 10.1. The Morgan fingerprint density at radius 1 is 1.07 bits per heavy atom. The molecule has 8 heteroatoms. The van der Waals surface area contributed by atoms with Gasteiger partial charge in [-0.3, -0.25) is 14.5 Å². The highest BCUT2D eigenvalue weighted by atomic mass is 16.5. The highest BCUT2D eigenvalue weighted by molar-refractivity contribution is 6.22. The van der Waals surface area contributed by atoms with E-state index in [4.69, 9.17) is 10.00 Å². The van der Waals surface area contributed by atoms with E-state index in [2.05, 4.69) is 4.74 Å². The van der Waals surface area contributed by atoms with E-state index < -0.39 is 29.8 Å². The van der Waals surface area contributed by atoms with Crippen molar-refractivity contribution in [2.24, 2.45) is 0 Å². The zero-order chi connectivity index (χ0) is 21.8. The molecule has 1 aliphatic heterocycles. The minimum Gasteiger partial charge on any atom is -0.465 e. The Balaban J connectivity index is 1.78. The van der Waals surface area contributed by atoms with Crippen LogP contribution in [-0.4, -0.2) is 41.8 Å². The number of nitriles is 1. The molecule has 1 heterocycles. The van der Waals surface area contributed by atoms with Gasteiger partial charge in [-0.05, 0) is 42.8 Å². The summed E-state index contributed by atoms with van der Waals surface area (Å²) < 4.78 is 9.83. The normalized spacial score (nSPS) is 14.0. The minimum atomic E-state index is -1.15. The zero-order valence-electron chi connectivity index (χ0n) is 16.1. The van der Waals surface area contributed by atoms with Crippen LogP contribution < -0.4 is 4.74 Å². The molecule has 2 aromatic rings. The summed E-state index contributed by atoms with van der Waals surface area (Å²) in [5.74, 6) is -2.60. The summed E-state index contributed by atoms with van der Waals surface area (Å²) in [7, 11) is 1.16.